The van der Waals surface area contributed by atoms with Gasteiger partial charge in [0.15, 0.2) is 0 Å². The molecule has 0 bridgehead atoms. The summed E-state index contributed by atoms with van der Waals surface area (Å²) in [6.07, 6.45) is -4.35. The molecule has 0 aliphatic carbocycles. The van der Waals surface area contributed by atoms with Gasteiger partial charge in [0.1, 0.15) is 5.03 Å². The third-order valence-electron chi connectivity index (χ3n) is 3.66. The van der Waals surface area contributed by atoms with Gasteiger partial charge in [0.2, 0.25) is 0 Å². The van der Waals surface area contributed by atoms with Gasteiger partial charge in [-0.2, -0.15) is 13.2 Å². The molecule has 0 aliphatic heterocycles. The van der Waals surface area contributed by atoms with E-state index in [0.29, 0.717) is 22.0 Å². The number of aromatic nitrogens is 2. The summed E-state index contributed by atoms with van der Waals surface area (Å²) in [5, 5.41) is 19.6. The zero-order chi connectivity index (χ0) is 19.4. The molecular weight excluding hydrogens is 379 g/mol. The van der Waals surface area contributed by atoms with E-state index in [0.717, 1.165) is 17.7 Å². The Bertz CT molecular complexity index is 945. The standard InChI is InChI=1S/C18H12F3N3O2S/c19-18(20,21)14-6-4-12(5-7-14)11-27-17-9-8-16(22-23-17)13-2-1-3-15(10-13)24(25)26/h1-10H,11H2. The van der Waals surface area contributed by atoms with Crippen LogP contribution < -0.4 is 0 Å². The lowest BCUT2D eigenvalue weighted by atomic mass is 10.1. The molecular formula is C18H12F3N3O2S. The van der Waals surface area contributed by atoms with Crippen molar-refractivity contribution in [3.05, 3.63) is 81.9 Å². The maximum Gasteiger partial charge on any atom is 0.416 e. The van der Waals surface area contributed by atoms with Crippen molar-refractivity contribution in [1.82, 2.24) is 10.2 Å². The first-order valence-corrected chi connectivity index (χ1v) is 8.69. The molecule has 0 saturated heterocycles. The number of non-ortho nitro benzene ring substituents is 1. The third kappa shape index (κ3) is 4.82. The van der Waals surface area contributed by atoms with Crippen molar-refractivity contribution in [3.63, 3.8) is 0 Å². The van der Waals surface area contributed by atoms with Gasteiger partial charge in [-0.3, -0.25) is 10.1 Å². The highest BCUT2D eigenvalue weighted by molar-refractivity contribution is 7.98. The second-order valence-corrected chi connectivity index (χ2v) is 6.54. The van der Waals surface area contributed by atoms with Gasteiger partial charge in [-0.1, -0.05) is 36.0 Å². The van der Waals surface area contributed by atoms with Crippen LogP contribution in [0.4, 0.5) is 18.9 Å². The van der Waals surface area contributed by atoms with Crippen LogP contribution in [0.1, 0.15) is 11.1 Å². The van der Waals surface area contributed by atoms with E-state index in [1.165, 1.54) is 36.0 Å². The molecule has 0 spiro atoms. The van der Waals surface area contributed by atoms with Gasteiger partial charge in [-0.25, -0.2) is 0 Å². The van der Waals surface area contributed by atoms with Gasteiger partial charge in [-0.15, -0.1) is 10.2 Å². The van der Waals surface area contributed by atoms with Crippen LogP contribution in [0.5, 0.6) is 0 Å². The van der Waals surface area contributed by atoms with Crippen LogP contribution in [0.2, 0.25) is 0 Å². The minimum atomic E-state index is -4.35. The minimum Gasteiger partial charge on any atom is -0.258 e. The molecule has 2 aromatic carbocycles. The van der Waals surface area contributed by atoms with Crippen molar-refractivity contribution >= 4 is 17.4 Å². The highest BCUT2D eigenvalue weighted by Gasteiger charge is 2.29. The number of nitrogens with zero attached hydrogens (tertiary/aromatic N) is 3. The summed E-state index contributed by atoms with van der Waals surface area (Å²) in [5.41, 5.74) is 1.10. The third-order valence-corrected chi connectivity index (χ3v) is 4.65. The summed E-state index contributed by atoms with van der Waals surface area (Å²) in [4.78, 5) is 10.4. The molecule has 0 fully saturated rings. The van der Waals surface area contributed by atoms with Crippen LogP contribution in [0.3, 0.4) is 0 Å². The van der Waals surface area contributed by atoms with E-state index in [-0.39, 0.29) is 5.69 Å². The van der Waals surface area contributed by atoms with Crippen molar-refractivity contribution in [2.75, 3.05) is 0 Å². The summed E-state index contributed by atoms with van der Waals surface area (Å²) in [6.45, 7) is 0. The molecule has 0 atom stereocenters. The SMILES string of the molecule is O=[N+]([O-])c1cccc(-c2ccc(SCc3ccc(C(F)(F)F)cc3)nn2)c1. The smallest absolute Gasteiger partial charge is 0.258 e. The predicted octanol–water partition coefficient (Wildman–Crippen LogP) is 5.36. The Morgan fingerprint density at radius 1 is 1.00 bits per heavy atom. The van der Waals surface area contributed by atoms with Crippen molar-refractivity contribution in [3.8, 4) is 11.3 Å². The summed E-state index contributed by atoms with van der Waals surface area (Å²) < 4.78 is 37.7. The second kappa shape index (κ2) is 7.75. The summed E-state index contributed by atoms with van der Waals surface area (Å²) in [7, 11) is 0. The largest absolute Gasteiger partial charge is 0.416 e. The van der Waals surface area contributed by atoms with Crippen LogP contribution in [0.25, 0.3) is 11.3 Å². The number of hydrogen-bond donors (Lipinski definition) is 0. The molecule has 1 aromatic heterocycles. The molecule has 0 aliphatic rings. The number of nitro groups is 1. The molecule has 3 rings (SSSR count). The fraction of sp³-hybridized carbons (Fsp3) is 0.111. The average Bonchev–Trinajstić information content (AvgIpc) is 2.66. The van der Waals surface area contributed by atoms with E-state index in [4.69, 9.17) is 0 Å². The van der Waals surface area contributed by atoms with Gasteiger partial charge in [-0.05, 0) is 29.8 Å². The Morgan fingerprint density at radius 3 is 2.33 bits per heavy atom. The number of rotatable bonds is 5. The number of hydrogen-bond acceptors (Lipinski definition) is 5. The number of nitro benzene ring substituents is 1. The molecule has 0 radical (unpaired) electrons. The normalized spacial score (nSPS) is 11.4. The Hall–Kier alpha value is -2.94. The fourth-order valence-electron chi connectivity index (χ4n) is 2.28. The summed E-state index contributed by atoms with van der Waals surface area (Å²) >= 11 is 1.34. The van der Waals surface area contributed by atoms with Crippen molar-refractivity contribution < 1.29 is 18.1 Å². The lowest BCUT2D eigenvalue weighted by Crippen LogP contribution is -2.04. The van der Waals surface area contributed by atoms with Crippen LogP contribution in [0.15, 0.2) is 65.7 Å². The quantitative estimate of drug-likeness (QED) is 0.333. The molecule has 0 saturated carbocycles. The van der Waals surface area contributed by atoms with Crippen LogP contribution in [-0.2, 0) is 11.9 Å². The zero-order valence-corrected chi connectivity index (χ0v) is 14.5. The highest BCUT2D eigenvalue weighted by atomic mass is 32.2. The van der Waals surface area contributed by atoms with Crippen LogP contribution in [0, 0.1) is 10.1 Å². The van der Waals surface area contributed by atoms with E-state index in [2.05, 4.69) is 10.2 Å². The first-order chi connectivity index (χ1) is 12.8. The van der Waals surface area contributed by atoms with Crippen molar-refractivity contribution in [2.45, 2.75) is 17.0 Å². The number of thioether (sulfide) groups is 1. The van der Waals surface area contributed by atoms with Crippen LogP contribution in [-0.4, -0.2) is 15.1 Å². The maximum atomic E-state index is 12.6. The Labute approximate surface area is 156 Å². The van der Waals surface area contributed by atoms with Gasteiger partial charge in [0.05, 0.1) is 16.2 Å². The number of benzene rings is 2. The van der Waals surface area contributed by atoms with Crippen LogP contribution >= 0.6 is 11.8 Å². The predicted molar refractivity (Wildman–Crippen MR) is 95.1 cm³/mol. The zero-order valence-electron chi connectivity index (χ0n) is 13.7. The van der Waals surface area contributed by atoms with Gasteiger partial charge < -0.3 is 0 Å². The maximum absolute atomic E-state index is 12.6. The Morgan fingerprint density at radius 2 is 1.74 bits per heavy atom. The average molecular weight is 391 g/mol. The molecule has 138 valence electrons. The molecule has 3 aromatic rings. The topological polar surface area (TPSA) is 68.9 Å². The lowest BCUT2D eigenvalue weighted by molar-refractivity contribution is -0.384. The molecule has 1 heterocycles. The molecule has 27 heavy (non-hydrogen) atoms. The molecule has 0 N–H and O–H groups in total. The fourth-order valence-corrected chi connectivity index (χ4v) is 3.05. The lowest BCUT2D eigenvalue weighted by Gasteiger charge is -2.07. The Kier molecular flexibility index (Phi) is 5.41. The molecule has 0 unspecified atom stereocenters. The molecule has 5 nitrogen and oxygen atoms in total. The van der Waals surface area contributed by atoms with Gasteiger partial charge in [0.25, 0.3) is 5.69 Å². The van der Waals surface area contributed by atoms with E-state index in [1.807, 2.05) is 0 Å². The van der Waals surface area contributed by atoms with E-state index >= 15 is 0 Å². The van der Waals surface area contributed by atoms with E-state index in [1.54, 1.807) is 24.3 Å². The second-order valence-electron chi connectivity index (χ2n) is 5.55. The first-order valence-electron chi connectivity index (χ1n) is 7.70. The Balaban J connectivity index is 1.66. The molecule has 9 heteroatoms. The minimum absolute atomic E-state index is 0.0324. The first kappa shape index (κ1) is 18.8. The number of alkyl halides is 3. The van der Waals surface area contributed by atoms with E-state index < -0.39 is 16.7 Å². The van der Waals surface area contributed by atoms with Crippen molar-refractivity contribution in [1.29, 1.82) is 0 Å². The van der Waals surface area contributed by atoms with E-state index in [9.17, 15) is 23.3 Å². The molecule has 0 amide bonds. The summed E-state index contributed by atoms with van der Waals surface area (Å²) in [6, 6.07) is 14.5. The van der Waals surface area contributed by atoms with Gasteiger partial charge >= 0.3 is 6.18 Å². The summed E-state index contributed by atoms with van der Waals surface area (Å²) in [5.74, 6) is 0.447. The highest BCUT2D eigenvalue weighted by Crippen LogP contribution is 2.30. The monoisotopic (exact) mass is 391 g/mol. The number of halogens is 3. The van der Waals surface area contributed by atoms with Gasteiger partial charge in [0, 0.05) is 23.4 Å². The van der Waals surface area contributed by atoms with Crippen molar-refractivity contribution in [2.24, 2.45) is 0 Å².